The average Bonchev–Trinajstić information content (AvgIpc) is 3.37. The molecule has 142 valence electrons. The van der Waals surface area contributed by atoms with Crippen molar-refractivity contribution in [2.24, 2.45) is 0 Å². The van der Waals surface area contributed by atoms with Crippen molar-refractivity contribution in [3.8, 4) is 0 Å². The first-order valence-corrected chi connectivity index (χ1v) is 9.77. The summed E-state index contributed by atoms with van der Waals surface area (Å²) in [5, 5.41) is 3.33. The van der Waals surface area contributed by atoms with Gasteiger partial charge in [0.15, 0.2) is 0 Å². The minimum atomic E-state index is -0.591. The number of hydrogen-bond donors (Lipinski definition) is 1. The molecular weight excluding hydrogens is 376 g/mol. The monoisotopic (exact) mass is 394 g/mol. The van der Waals surface area contributed by atoms with Crippen molar-refractivity contribution in [1.82, 2.24) is 9.55 Å². The Morgan fingerprint density at radius 1 is 1.25 bits per heavy atom. The second kappa shape index (κ2) is 6.34. The van der Waals surface area contributed by atoms with Gasteiger partial charge in [0, 0.05) is 6.04 Å². The largest absolute Gasteiger partial charge is 0.325 e. The number of imidazole rings is 1. The summed E-state index contributed by atoms with van der Waals surface area (Å²) in [6.07, 6.45) is 2.00. The highest BCUT2D eigenvalue weighted by Gasteiger charge is 2.47. The van der Waals surface area contributed by atoms with E-state index in [1.54, 1.807) is 17.0 Å². The number of aryl methyl sites for hydroxylation is 1. The first-order chi connectivity index (χ1) is 13.5. The maximum absolute atomic E-state index is 13.1. The van der Waals surface area contributed by atoms with E-state index in [9.17, 15) is 9.59 Å². The van der Waals surface area contributed by atoms with Gasteiger partial charge in [0.2, 0.25) is 11.9 Å². The molecule has 0 spiro atoms. The van der Waals surface area contributed by atoms with Crippen LogP contribution in [0.1, 0.15) is 30.9 Å². The molecule has 1 atom stereocenters. The number of amides is 2. The zero-order chi connectivity index (χ0) is 19.4. The molecule has 1 fully saturated rings. The lowest BCUT2D eigenvalue weighted by atomic mass is 10.1. The minimum absolute atomic E-state index is 0.0413. The fraction of sp³-hybridized carbons (Fsp3) is 0.286. The van der Waals surface area contributed by atoms with Gasteiger partial charge in [0.1, 0.15) is 6.04 Å². The number of fused-ring (bicyclic) bond motifs is 3. The molecule has 5 rings (SSSR count). The van der Waals surface area contributed by atoms with Crippen molar-refractivity contribution < 1.29 is 9.59 Å². The average molecular weight is 395 g/mol. The summed E-state index contributed by atoms with van der Waals surface area (Å²) in [4.78, 5) is 32.3. The number of carbonyl (C=O) groups is 2. The van der Waals surface area contributed by atoms with E-state index >= 15 is 0 Å². The van der Waals surface area contributed by atoms with Gasteiger partial charge < -0.3 is 5.32 Å². The molecule has 0 saturated heterocycles. The van der Waals surface area contributed by atoms with Crippen LogP contribution in [0.4, 0.5) is 11.6 Å². The van der Waals surface area contributed by atoms with E-state index in [-0.39, 0.29) is 24.3 Å². The second-order valence-corrected chi connectivity index (χ2v) is 7.87. The zero-order valence-corrected chi connectivity index (χ0v) is 16.1. The quantitative estimate of drug-likeness (QED) is 0.725. The van der Waals surface area contributed by atoms with E-state index in [1.807, 2.05) is 41.8 Å². The molecule has 1 N–H and O–H groups in total. The Balaban J connectivity index is 1.46. The van der Waals surface area contributed by atoms with Gasteiger partial charge in [0.05, 0.1) is 28.2 Å². The van der Waals surface area contributed by atoms with Crippen LogP contribution >= 0.6 is 11.6 Å². The van der Waals surface area contributed by atoms with Crippen LogP contribution in [0.3, 0.4) is 0 Å². The molecule has 1 saturated carbocycles. The van der Waals surface area contributed by atoms with Gasteiger partial charge in [-0.2, -0.15) is 0 Å². The number of hydrogen-bond acceptors (Lipinski definition) is 3. The van der Waals surface area contributed by atoms with E-state index in [1.165, 1.54) is 0 Å². The van der Waals surface area contributed by atoms with E-state index in [2.05, 4.69) is 10.3 Å². The maximum atomic E-state index is 13.1. The molecule has 2 aliphatic rings. The van der Waals surface area contributed by atoms with E-state index in [4.69, 9.17) is 11.6 Å². The Hall–Kier alpha value is -2.86. The van der Waals surface area contributed by atoms with Gasteiger partial charge in [-0.25, -0.2) is 4.98 Å². The molecule has 28 heavy (non-hydrogen) atoms. The number of para-hydroxylation sites is 2. The molecule has 0 radical (unpaired) electrons. The highest BCUT2D eigenvalue weighted by molar-refractivity contribution is 6.33. The number of anilines is 2. The molecule has 1 aliphatic heterocycles. The predicted octanol–water partition coefficient (Wildman–Crippen LogP) is 4.08. The van der Waals surface area contributed by atoms with Crippen LogP contribution in [0.25, 0.3) is 11.0 Å². The van der Waals surface area contributed by atoms with Crippen LogP contribution in [0.15, 0.2) is 42.5 Å². The molecule has 1 aliphatic carbocycles. The third-order valence-electron chi connectivity index (χ3n) is 5.32. The lowest BCUT2D eigenvalue weighted by molar-refractivity contribution is -0.124. The number of benzene rings is 2. The summed E-state index contributed by atoms with van der Waals surface area (Å²) in [5.41, 5.74) is 3.28. The van der Waals surface area contributed by atoms with Crippen molar-refractivity contribution in [3.05, 3.63) is 53.1 Å². The van der Waals surface area contributed by atoms with Gasteiger partial charge in [0.25, 0.3) is 5.91 Å². The van der Waals surface area contributed by atoms with Gasteiger partial charge in [-0.15, -0.1) is 0 Å². The molecule has 7 heteroatoms. The van der Waals surface area contributed by atoms with Crippen LogP contribution in [0, 0.1) is 6.92 Å². The molecule has 0 bridgehead atoms. The molecular formula is C21H19ClN4O2. The Morgan fingerprint density at radius 3 is 2.79 bits per heavy atom. The number of aromatic nitrogens is 2. The number of nitrogens with zero attached hydrogens (tertiary/aromatic N) is 3. The summed E-state index contributed by atoms with van der Waals surface area (Å²) in [6, 6.07) is 12.8. The second-order valence-electron chi connectivity index (χ2n) is 7.46. The number of halogens is 1. The molecule has 2 aromatic carbocycles. The van der Waals surface area contributed by atoms with Crippen molar-refractivity contribution in [2.45, 2.75) is 38.3 Å². The van der Waals surface area contributed by atoms with E-state index in [0.29, 0.717) is 16.7 Å². The first kappa shape index (κ1) is 17.3. The maximum Gasteiger partial charge on any atom is 0.253 e. The Labute approximate surface area is 167 Å². The van der Waals surface area contributed by atoms with Crippen LogP contribution in [-0.4, -0.2) is 27.4 Å². The SMILES string of the molecule is Cc1ccc(NC(=O)CC2C(=O)N(C3CC3)c3nc4ccccc4n32)c(Cl)c1. The molecule has 2 amide bonds. The molecule has 3 aromatic rings. The summed E-state index contributed by atoms with van der Waals surface area (Å²) < 4.78 is 1.91. The zero-order valence-electron chi connectivity index (χ0n) is 15.4. The lowest BCUT2D eigenvalue weighted by Gasteiger charge is -2.15. The fourth-order valence-corrected chi connectivity index (χ4v) is 4.11. The minimum Gasteiger partial charge on any atom is -0.325 e. The first-order valence-electron chi connectivity index (χ1n) is 9.39. The molecule has 1 unspecified atom stereocenters. The Bertz CT molecular complexity index is 1120. The summed E-state index contributed by atoms with van der Waals surface area (Å²) in [7, 11) is 0. The highest BCUT2D eigenvalue weighted by Crippen LogP contribution is 2.42. The van der Waals surface area contributed by atoms with Crippen molar-refractivity contribution in [2.75, 3.05) is 10.2 Å². The standard InChI is InChI=1S/C21H19ClN4O2/c1-12-6-9-15(14(22)10-12)23-19(27)11-18-20(28)25(13-7-8-13)21-24-16-4-2-3-5-17(16)26(18)21/h2-6,9-10,13,18H,7-8,11H2,1H3,(H,23,27). The van der Waals surface area contributed by atoms with Gasteiger partial charge in [-0.05, 0) is 49.6 Å². The van der Waals surface area contributed by atoms with Crippen molar-refractivity contribution in [1.29, 1.82) is 0 Å². The highest BCUT2D eigenvalue weighted by atomic mass is 35.5. The van der Waals surface area contributed by atoms with Crippen LogP contribution in [0.2, 0.25) is 5.02 Å². The van der Waals surface area contributed by atoms with Crippen LogP contribution in [-0.2, 0) is 9.59 Å². The van der Waals surface area contributed by atoms with Gasteiger partial charge in [-0.1, -0.05) is 29.8 Å². The number of rotatable bonds is 4. The third-order valence-corrected chi connectivity index (χ3v) is 5.63. The van der Waals surface area contributed by atoms with Crippen molar-refractivity contribution >= 4 is 46.1 Å². The Morgan fingerprint density at radius 2 is 2.04 bits per heavy atom. The van der Waals surface area contributed by atoms with E-state index < -0.39 is 6.04 Å². The molecule has 6 nitrogen and oxygen atoms in total. The van der Waals surface area contributed by atoms with E-state index in [0.717, 1.165) is 29.4 Å². The fourth-order valence-electron chi connectivity index (χ4n) is 3.83. The summed E-state index contributed by atoms with van der Waals surface area (Å²) >= 11 is 6.23. The lowest BCUT2D eigenvalue weighted by Crippen LogP contribution is -2.33. The normalized spacial score (nSPS) is 18.6. The Kier molecular flexibility index (Phi) is 3.91. The molecule has 1 aromatic heterocycles. The topological polar surface area (TPSA) is 67.2 Å². The predicted molar refractivity (Wildman–Crippen MR) is 109 cm³/mol. The van der Waals surface area contributed by atoms with Crippen LogP contribution in [0.5, 0.6) is 0 Å². The number of nitrogens with one attached hydrogen (secondary N) is 1. The van der Waals surface area contributed by atoms with Gasteiger partial charge in [-0.3, -0.25) is 19.1 Å². The third kappa shape index (κ3) is 2.76. The van der Waals surface area contributed by atoms with Crippen molar-refractivity contribution in [3.63, 3.8) is 0 Å². The van der Waals surface area contributed by atoms with Gasteiger partial charge >= 0.3 is 0 Å². The smallest absolute Gasteiger partial charge is 0.253 e. The van der Waals surface area contributed by atoms with Crippen LogP contribution < -0.4 is 10.2 Å². The molecule has 2 heterocycles. The summed E-state index contributed by atoms with van der Waals surface area (Å²) in [5.74, 6) is 0.353. The number of carbonyl (C=O) groups excluding carboxylic acids is 2. The summed E-state index contributed by atoms with van der Waals surface area (Å²) in [6.45, 7) is 1.94.